The fourth-order valence-corrected chi connectivity index (χ4v) is 3.40. The molecular weight excluding hydrogens is 336 g/mol. The number of para-hydroxylation sites is 2. The van der Waals surface area contributed by atoms with E-state index in [0.717, 1.165) is 11.1 Å². The molecule has 4 nitrogen and oxygen atoms in total. The maximum atomic E-state index is 11.5. The van der Waals surface area contributed by atoms with Crippen LogP contribution in [0.25, 0.3) is 0 Å². The summed E-state index contributed by atoms with van der Waals surface area (Å²) in [5, 5.41) is 0. The molecule has 1 heterocycles. The van der Waals surface area contributed by atoms with Gasteiger partial charge < -0.3 is 9.47 Å². The second kappa shape index (κ2) is 5.93. The van der Waals surface area contributed by atoms with Crippen LogP contribution in [0.1, 0.15) is 11.1 Å². The molecule has 0 atom stereocenters. The smallest absolute Gasteiger partial charge is 0.175 e. The number of ether oxygens (including phenoxy) is 2. The van der Waals surface area contributed by atoms with Gasteiger partial charge in [0.1, 0.15) is 0 Å². The minimum Gasteiger partial charge on any atom is -0.450 e. The Bertz CT molecular complexity index is 1040. The third kappa shape index (κ3) is 3.23. The quantitative estimate of drug-likeness (QED) is 0.542. The van der Waals surface area contributed by atoms with Gasteiger partial charge in [0.2, 0.25) is 0 Å². The minimum absolute atomic E-state index is 0.329. The maximum absolute atomic E-state index is 11.5. The summed E-state index contributed by atoms with van der Waals surface area (Å²) < 4.78 is 34.8. The Morgan fingerprint density at radius 1 is 0.720 bits per heavy atom. The Labute approximate surface area is 146 Å². The Hall–Kier alpha value is -2.79. The minimum atomic E-state index is -3.17. The van der Waals surface area contributed by atoms with E-state index in [4.69, 9.17) is 9.47 Å². The Balaban J connectivity index is 1.57. The first-order chi connectivity index (χ1) is 12.0. The lowest BCUT2D eigenvalue weighted by atomic mass is 10.0. The van der Waals surface area contributed by atoms with Gasteiger partial charge >= 0.3 is 0 Å². The van der Waals surface area contributed by atoms with Crippen molar-refractivity contribution in [3.8, 4) is 23.0 Å². The Morgan fingerprint density at radius 2 is 1.28 bits per heavy atom. The fourth-order valence-electron chi connectivity index (χ4n) is 2.77. The first-order valence-corrected chi connectivity index (χ1v) is 9.75. The molecule has 3 aromatic carbocycles. The number of rotatable bonds is 3. The van der Waals surface area contributed by atoms with E-state index in [9.17, 15) is 8.42 Å². The summed E-state index contributed by atoms with van der Waals surface area (Å²) in [5.41, 5.74) is 2.10. The summed E-state index contributed by atoms with van der Waals surface area (Å²) in [6, 6.07) is 20.3. The molecule has 0 bridgehead atoms. The van der Waals surface area contributed by atoms with E-state index in [1.165, 1.54) is 6.26 Å². The molecule has 0 saturated heterocycles. The zero-order valence-electron chi connectivity index (χ0n) is 13.6. The lowest BCUT2D eigenvalue weighted by molar-refractivity contribution is 0.359. The van der Waals surface area contributed by atoms with Crippen LogP contribution in [0.4, 0.5) is 0 Å². The van der Waals surface area contributed by atoms with Crippen molar-refractivity contribution in [2.24, 2.45) is 0 Å². The van der Waals surface area contributed by atoms with Crippen molar-refractivity contribution >= 4 is 9.84 Å². The molecule has 0 aromatic heterocycles. The van der Waals surface area contributed by atoms with Crippen LogP contribution in [0.5, 0.6) is 23.0 Å². The van der Waals surface area contributed by atoms with Crippen molar-refractivity contribution in [1.82, 2.24) is 0 Å². The van der Waals surface area contributed by atoms with E-state index in [1.807, 2.05) is 54.6 Å². The van der Waals surface area contributed by atoms with Crippen LogP contribution in [0.3, 0.4) is 0 Å². The van der Waals surface area contributed by atoms with E-state index >= 15 is 0 Å². The normalized spacial score (nSPS) is 12.5. The number of hydrogen-bond acceptors (Lipinski definition) is 4. The van der Waals surface area contributed by atoms with Crippen molar-refractivity contribution in [3.63, 3.8) is 0 Å². The summed E-state index contributed by atoms with van der Waals surface area (Å²) in [6.45, 7) is 0. The van der Waals surface area contributed by atoms with E-state index in [2.05, 4.69) is 0 Å². The number of benzene rings is 3. The number of fused-ring (bicyclic) bond motifs is 2. The van der Waals surface area contributed by atoms with Gasteiger partial charge in [-0.25, -0.2) is 8.42 Å². The van der Waals surface area contributed by atoms with Gasteiger partial charge in [0, 0.05) is 6.26 Å². The molecule has 0 unspecified atom stereocenters. The number of sulfone groups is 1. The third-order valence-corrected chi connectivity index (χ3v) is 5.19. The van der Waals surface area contributed by atoms with E-state index in [0.29, 0.717) is 34.3 Å². The largest absolute Gasteiger partial charge is 0.450 e. The summed E-state index contributed by atoms with van der Waals surface area (Å²) in [6.07, 6.45) is 1.89. The zero-order valence-corrected chi connectivity index (χ0v) is 14.4. The van der Waals surface area contributed by atoms with Gasteiger partial charge in [-0.2, -0.15) is 0 Å². The molecule has 1 aliphatic rings. The predicted molar refractivity (Wildman–Crippen MR) is 95.4 cm³/mol. The molecular formula is C20H16O4S. The average molecular weight is 352 g/mol. The van der Waals surface area contributed by atoms with Crippen LogP contribution in [-0.4, -0.2) is 14.7 Å². The van der Waals surface area contributed by atoms with Crippen LogP contribution < -0.4 is 9.47 Å². The first-order valence-electron chi connectivity index (χ1n) is 7.86. The van der Waals surface area contributed by atoms with Crippen molar-refractivity contribution < 1.29 is 17.9 Å². The molecule has 0 saturated carbocycles. The molecule has 0 radical (unpaired) electrons. The fraction of sp³-hybridized carbons (Fsp3) is 0.100. The molecule has 0 aliphatic carbocycles. The molecule has 1 aliphatic heterocycles. The van der Waals surface area contributed by atoms with Crippen molar-refractivity contribution in [2.45, 2.75) is 11.3 Å². The molecule has 0 N–H and O–H groups in total. The summed E-state index contributed by atoms with van der Waals surface area (Å²) in [4.78, 5) is 0.329. The topological polar surface area (TPSA) is 52.6 Å². The van der Waals surface area contributed by atoms with Crippen LogP contribution in [0.2, 0.25) is 0 Å². The van der Waals surface area contributed by atoms with Gasteiger partial charge in [-0.3, -0.25) is 0 Å². The monoisotopic (exact) mass is 352 g/mol. The standard InChI is InChI=1S/C20H16O4S/c1-25(21,22)16-9-6-14(7-10-16)12-15-8-11-19-20(13-15)24-18-5-3-2-4-17(18)23-19/h2-11,13H,12H2,1H3. The van der Waals surface area contributed by atoms with E-state index in [1.54, 1.807) is 12.1 Å². The molecule has 0 fully saturated rings. The highest BCUT2D eigenvalue weighted by atomic mass is 32.2. The molecule has 25 heavy (non-hydrogen) atoms. The van der Waals surface area contributed by atoms with Crippen LogP contribution in [0, 0.1) is 0 Å². The van der Waals surface area contributed by atoms with Crippen molar-refractivity contribution in [2.75, 3.05) is 6.26 Å². The van der Waals surface area contributed by atoms with Crippen molar-refractivity contribution in [1.29, 1.82) is 0 Å². The average Bonchev–Trinajstić information content (AvgIpc) is 2.59. The molecule has 5 heteroatoms. The van der Waals surface area contributed by atoms with Crippen LogP contribution in [0.15, 0.2) is 71.6 Å². The molecule has 0 amide bonds. The van der Waals surface area contributed by atoms with Gasteiger partial charge in [-0.15, -0.1) is 0 Å². The SMILES string of the molecule is CS(=O)(=O)c1ccc(Cc2ccc3c(c2)Oc2ccccc2O3)cc1. The Morgan fingerprint density at radius 3 is 1.92 bits per heavy atom. The summed E-state index contributed by atoms with van der Waals surface area (Å²) in [5.74, 6) is 2.78. The second-order valence-electron chi connectivity index (χ2n) is 6.02. The highest BCUT2D eigenvalue weighted by molar-refractivity contribution is 7.90. The van der Waals surface area contributed by atoms with Gasteiger partial charge in [0.15, 0.2) is 32.8 Å². The van der Waals surface area contributed by atoms with Gasteiger partial charge in [-0.05, 0) is 53.9 Å². The third-order valence-electron chi connectivity index (χ3n) is 4.06. The van der Waals surface area contributed by atoms with Crippen LogP contribution >= 0.6 is 0 Å². The van der Waals surface area contributed by atoms with E-state index in [-0.39, 0.29) is 0 Å². The molecule has 3 aromatic rings. The summed E-state index contributed by atoms with van der Waals surface area (Å²) in [7, 11) is -3.17. The highest BCUT2D eigenvalue weighted by Gasteiger charge is 2.18. The predicted octanol–water partition coefficient (Wildman–Crippen LogP) is 4.58. The lowest BCUT2D eigenvalue weighted by Gasteiger charge is -2.20. The zero-order chi connectivity index (χ0) is 17.4. The highest BCUT2D eigenvalue weighted by Crippen LogP contribution is 2.45. The van der Waals surface area contributed by atoms with E-state index < -0.39 is 9.84 Å². The Kier molecular flexibility index (Phi) is 3.73. The van der Waals surface area contributed by atoms with Gasteiger partial charge in [0.25, 0.3) is 0 Å². The lowest BCUT2D eigenvalue weighted by Crippen LogP contribution is -2.00. The second-order valence-corrected chi connectivity index (χ2v) is 8.04. The van der Waals surface area contributed by atoms with Gasteiger partial charge in [-0.1, -0.05) is 30.3 Å². The summed E-state index contributed by atoms with van der Waals surface area (Å²) >= 11 is 0. The molecule has 0 spiro atoms. The molecule has 4 rings (SSSR count). The molecule has 126 valence electrons. The van der Waals surface area contributed by atoms with Crippen molar-refractivity contribution in [3.05, 3.63) is 77.9 Å². The first kappa shape index (κ1) is 15.7. The maximum Gasteiger partial charge on any atom is 0.175 e. The van der Waals surface area contributed by atoms with Gasteiger partial charge in [0.05, 0.1) is 4.90 Å². The van der Waals surface area contributed by atoms with Crippen LogP contribution in [-0.2, 0) is 16.3 Å². The number of hydrogen-bond donors (Lipinski definition) is 0.